The Bertz CT molecular complexity index is 2420. The highest BCUT2D eigenvalue weighted by Crippen LogP contribution is 2.75. The molecule has 396 valence electrons. The van der Waals surface area contributed by atoms with E-state index in [0.29, 0.717) is 74.0 Å². The molecule has 0 radical (unpaired) electrons. The molecule has 9 nitrogen and oxygen atoms in total. The number of nitrogen functional groups attached to an aromatic ring is 1. The zero-order chi connectivity index (χ0) is 51.3. The number of nitrogens with two attached hydrogens (primary N) is 1. The summed E-state index contributed by atoms with van der Waals surface area (Å²) in [5.74, 6) is 2.21. The van der Waals surface area contributed by atoms with Crippen LogP contribution in [0.2, 0.25) is 0 Å². The molecule has 7 N–H and O–H groups in total. The van der Waals surface area contributed by atoms with Gasteiger partial charge in [-0.05, 0) is 202 Å². The smallest absolute Gasteiger partial charge is 0.160 e. The summed E-state index contributed by atoms with van der Waals surface area (Å²) in [5.41, 5.74) is 11.4. The molecule has 9 heteroatoms. The average Bonchev–Trinajstić information content (AvgIpc) is 3.61. The van der Waals surface area contributed by atoms with Crippen LogP contribution in [0.4, 0.5) is 5.69 Å². The predicted molar refractivity (Wildman–Crippen MR) is 287 cm³/mol. The molecule has 2 aromatic rings. The second-order valence-electron chi connectivity index (χ2n) is 27.5. The molecule has 72 heavy (non-hydrogen) atoms. The Hall–Kier alpha value is -3.08. The molecule has 0 bridgehead atoms. The summed E-state index contributed by atoms with van der Waals surface area (Å²) in [5, 5.41) is 42.9. The fourth-order valence-electron chi connectivity index (χ4n) is 19.0. The van der Waals surface area contributed by atoms with Crippen LogP contribution in [-0.2, 0) is 27.3 Å². The lowest BCUT2D eigenvalue weighted by Gasteiger charge is -2.71. The Kier molecular flexibility index (Phi) is 14.0. The van der Waals surface area contributed by atoms with Gasteiger partial charge in [0.2, 0.25) is 0 Å². The number of ether oxygens (including phenoxy) is 1. The predicted octanol–water partition coefficient (Wildman–Crippen LogP) is 11.6. The first kappa shape index (κ1) is 52.4. The fourth-order valence-corrected chi connectivity index (χ4v) is 19.0. The number of anilines is 1. The molecule has 7 fully saturated rings. The number of aliphatic hydroxyl groups is 2. The minimum Gasteiger partial charge on any atom is -0.508 e. The van der Waals surface area contributed by atoms with Gasteiger partial charge in [0.15, 0.2) is 5.78 Å². The third-order valence-corrected chi connectivity index (χ3v) is 22.2. The molecule has 2 aromatic carbocycles. The lowest BCUT2D eigenvalue weighted by molar-refractivity contribution is -0.198. The van der Waals surface area contributed by atoms with Crippen molar-refractivity contribution >= 4 is 17.3 Å². The van der Waals surface area contributed by atoms with Crippen molar-refractivity contribution in [2.24, 2.45) is 57.2 Å². The molecule has 0 aromatic heterocycles. The molecule has 8 aliphatic rings. The van der Waals surface area contributed by atoms with Gasteiger partial charge in [0.1, 0.15) is 17.6 Å². The number of hydrogen-bond acceptors (Lipinski definition) is 9. The number of nitrogens with one attached hydrogen (secondary N) is 2. The number of allylic oxidation sites excluding steroid dienone is 2. The maximum atomic E-state index is 15.6. The van der Waals surface area contributed by atoms with Crippen LogP contribution in [0.3, 0.4) is 0 Å². The minimum absolute atomic E-state index is 0.0172. The fraction of sp³-hybridized carbons (Fsp3) is 0.746. The largest absolute Gasteiger partial charge is 0.508 e. The van der Waals surface area contributed by atoms with Gasteiger partial charge in [-0.3, -0.25) is 9.59 Å². The number of β-amino-alcohol motifs (C(OH)–C–C–N with tert-alkyl or cyclic N) is 1. The van der Waals surface area contributed by atoms with Gasteiger partial charge in [-0.15, -0.1) is 0 Å². The van der Waals surface area contributed by atoms with Gasteiger partial charge in [0.25, 0.3) is 0 Å². The average molecular weight is 988 g/mol. The zero-order valence-electron chi connectivity index (χ0n) is 45.8. The number of aromatic hydroxyl groups is 1. The van der Waals surface area contributed by atoms with E-state index in [1.165, 1.54) is 23.1 Å². The number of rotatable bonds is 12. The Balaban J connectivity index is 0.999. The maximum Gasteiger partial charge on any atom is 0.160 e. The van der Waals surface area contributed by atoms with Crippen LogP contribution in [-0.4, -0.2) is 69.9 Å². The highest BCUT2D eigenvalue weighted by molar-refractivity contribution is 6.01. The molecular weight excluding hydrogens is 895 g/mol. The minimum atomic E-state index is -0.868. The summed E-state index contributed by atoms with van der Waals surface area (Å²) >= 11 is 0. The van der Waals surface area contributed by atoms with Crippen LogP contribution in [0, 0.1) is 57.2 Å². The number of Topliss-reactive ketones (excluding diaryl/α,β-unsaturated/α-hetero) is 2. The Morgan fingerprint density at radius 2 is 1.58 bits per heavy atom. The third-order valence-electron chi connectivity index (χ3n) is 22.2. The summed E-state index contributed by atoms with van der Waals surface area (Å²) in [7, 11) is 1.91. The van der Waals surface area contributed by atoms with Crippen LogP contribution in [0.5, 0.6) is 5.75 Å². The molecule has 0 spiro atoms. The van der Waals surface area contributed by atoms with E-state index in [9.17, 15) is 15.3 Å². The van der Waals surface area contributed by atoms with Gasteiger partial charge in [0, 0.05) is 48.0 Å². The molecule has 6 aliphatic carbocycles. The third kappa shape index (κ3) is 8.88. The molecular formula is C63H93N3O6. The lowest BCUT2D eigenvalue weighted by atomic mass is 9.34. The number of carbonyl (C=O) groups is 2. The lowest BCUT2D eigenvalue weighted by Crippen LogP contribution is -2.70. The topological polar surface area (TPSA) is 157 Å². The van der Waals surface area contributed by atoms with Gasteiger partial charge in [-0.1, -0.05) is 97.8 Å². The van der Waals surface area contributed by atoms with E-state index in [2.05, 4.69) is 83.4 Å². The number of fused-ring (bicyclic) bond motifs is 4. The Morgan fingerprint density at radius 3 is 2.32 bits per heavy atom. The molecule has 2 heterocycles. The van der Waals surface area contributed by atoms with Crippen LogP contribution in [0.1, 0.15) is 205 Å². The van der Waals surface area contributed by atoms with E-state index in [1.807, 2.05) is 26.1 Å². The summed E-state index contributed by atoms with van der Waals surface area (Å²) in [4.78, 5) is 31.0. The summed E-state index contributed by atoms with van der Waals surface area (Å²) in [6.45, 7) is 19.5. The van der Waals surface area contributed by atoms with Crippen molar-refractivity contribution in [1.82, 2.24) is 10.6 Å². The molecule has 5 saturated carbocycles. The van der Waals surface area contributed by atoms with Crippen molar-refractivity contribution in [3.63, 3.8) is 0 Å². The number of ketones is 2. The van der Waals surface area contributed by atoms with Crippen molar-refractivity contribution in [2.45, 2.75) is 225 Å². The first-order chi connectivity index (χ1) is 34.0. The maximum absolute atomic E-state index is 15.6. The van der Waals surface area contributed by atoms with Gasteiger partial charge in [-0.25, -0.2) is 0 Å². The second-order valence-corrected chi connectivity index (χ2v) is 27.5. The second kappa shape index (κ2) is 19.2. The summed E-state index contributed by atoms with van der Waals surface area (Å²) in [6.07, 6.45) is 16.7. The van der Waals surface area contributed by atoms with Gasteiger partial charge >= 0.3 is 0 Å². The van der Waals surface area contributed by atoms with E-state index in [1.54, 1.807) is 0 Å². The Morgan fingerprint density at radius 1 is 0.847 bits per heavy atom. The summed E-state index contributed by atoms with van der Waals surface area (Å²) < 4.78 is 6.80. The van der Waals surface area contributed by atoms with Gasteiger partial charge < -0.3 is 36.4 Å². The van der Waals surface area contributed by atoms with E-state index in [-0.39, 0.29) is 52.4 Å². The van der Waals surface area contributed by atoms with E-state index >= 15 is 9.59 Å². The number of carbonyl (C=O) groups excluding carboxylic acids is 2. The number of hydrogen-bond donors (Lipinski definition) is 6. The number of phenols is 1. The van der Waals surface area contributed by atoms with Crippen LogP contribution < -0.4 is 16.4 Å². The first-order valence-corrected chi connectivity index (χ1v) is 29.0. The first-order valence-electron chi connectivity index (χ1n) is 29.0. The number of epoxide rings is 1. The molecule has 10 rings (SSSR count). The van der Waals surface area contributed by atoms with Gasteiger partial charge in [0.05, 0.1) is 17.3 Å². The molecule has 2 aliphatic heterocycles. The van der Waals surface area contributed by atoms with Crippen LogP contribution in [0.25, 0.3) is 0 Å². The summed E-state index contributed by atoms with van der Waals surface area (Å²) in [6, 6.07) is 12.5. The molecule has 0 amide bonds. The number of benzene rings is 2. The van der Waals surface area contributed by atoms with Crippen LogP contribution in [0.15, 0.2) is 47.5 Å². The zero-order valence-corrected chi connectivity index (χ0v) is 45.8. The quantitative estimate of drug-likeness (QED) is 0.0900. The van der Waals surface area contributed by atoms with Crippen molar-refractivity contribution in [3.8, 4) is 5.75 Å². The van der Waals surface area contributed by atoms with Crippen molar-refractivity contribution < 1.29 is 29.6 Å². The highest BCUT2D eigenvalue weighted by Gasteiger charge is 2.72. The van der Waals surface area contributed by atoms with Crippen molar-refractivity contribution in [3.05, 3.63) is 69.8 Å². The number of phenolic OH excluding ortho intramolecular Hbond substituents is 1. The monoisotopic (exact) mass is 988 g/mol. The Labute approximate surface area is 433 Å². The molecule has 0 unspecified atom stereocenters. The standard InChI is InChI=1S/C63H93N3O6/c1-37(2)24-38-25-41(29-43(64)27-38)45-18-15-19-48(45)63(8)57(72-63)51(68)31-46(40-16-11-10-12-17-40)54-49-20-21-53-60(5)32-47(42-26-39(35-65-9)28-44(67)30-42)56(70)59(4)23-14-13-22-58(3,71)36-66-50(55(59)60)33-62(53,7)61(49,6)34-52(54)69/h25-30,37,40,45-48,50-51,53,55,57,65-68,71H,10-24,31-36,64H2,1-9H3/t45-,46+,47-,48+,50+,51-,53-,55+,57-,58-,59-,60+,61+,62+,63-/m1/s1. The SMILES string of the molecule is CNCc1cc(O)cc([C@H]2C[C@]3(C)[C@H]4[C@H](C[C@@]5(C)[C@@H]3CCC3=C([C@@H](C[C@@H](O)[C@H]6O[C@]6(C)[C@H]6CCC[C@@H]6c6cc(N)cc(CC(C)C)c6)C6CCCCC6)C(=O)C[C@@]35C)NC[C@](C)(O)CCCC[C@@]4(C)C2=O)c1. The highest BCUT2D eigenvalue weighted by atomic mass is 16.6. The van der Waals surface area contributed by atoms with E-state index < -0.39 is 28.1 Å². The van der Waals surface area contributed by atoms with Crippen LogP contribution >= 0.6 is 0 Å². The number of aliphatic hydroxyl groups excluding tert-OH is 1. The van der Waals surface area contributed by atoms with Gasteiger partial charge in [-0.2, -0.15) is 0 Å². The van der Waals surface area contributed by atoms with Crippen molar-refractivity contribution in [2.75, 3.05) is 19.3 Å². The van der Waals surface area contributed by atoms with E-state index in [4.69, 9.17) is 10.5 Å². The normalized spacial score (nSPS) is 41.2. The van der Waals surface area contributed by atoms with Crippen molar-refractivity contribution in [1.29, 1.82) is 0 Å². The molecule has 15 atom stereocenters. The van der Waals surface area contributed by atoms with E-state index in [0.717, 1.165) is 112 Å². The molecule has 2 saturated heterocycles.